The van der Waals surface area contributed by atoms with Crippen molar-refractivity contribution in [3.63, 3.8) is 0 Å². The Kier molecular flexibility index (Phi) is 6.99. The quantitative estimate of drug-likeness (QED) is 0.176. The van der Waals surface area contributed by atoms with E-state index < -0.39 is 16.1 Å². The standard InChI is InChI=1S/C44H42O2Si2/c1-27-25-35(29(3)23-33(27)31-15-13-21-41-43(31)45-37-17-9-11-19-39(37)47(41,5)6)36-26-28(2)34(24-30(36)4)32-16-14-22-42-44(32)46-38-18-10-12-20-40(38)48(42,7)8/h9-26H,1-8H3. The third-order valence-electron chi connectivity index (χ3n) is 10.9. The van der Waals surface area contributed by atoms with Crippen LogP contribution in [0.5, 0.6) is 23.0 Å². The Balaban J connectivity index is 1.20. The molecule has 2 aliphatic heterocycles. The highest BCUT2D eigenvalue weighted by Gasteiger charge is 2.38. The van der Waals surface area contributed by atoms with Gasteiger partial charge in [-0.2, -0.15) is 0 Å². The second-order valence-corrected chi connectivity index (χ2v) is 23.4. The van der Waals surface area contributed by atoms with Crippen LogP contribution in [0.4, 0.5) is 0 Å². The molecule has 0 unspecified atom stereocenters. The van der Waals surface area contributed by atoms with Gasteiger partial charge < -0.3 is 9.47 Å². The van der Waals surface area contributed by atoms with Crippen LogP contribution in [-0.4, -0.2) is 16.1 Å². The van der Waals surface area contributed by atoms with Gasteiger partial charge in [0.05, 0.1) is 0 Å². The first-order valence-corrected chi connectivity index (χ1v) is 23.0. The van der Waals surface area contributed by atoms with E-state index >= 15 is 0 Å². The lowest BCUT2D eigenvalue weighted by Crippen LogP contribution is -2.56. The van der Waals surface area contributed by atoms with Gasteiger partial charge in [-0.3, -0.25) is 0 Å². The van der Waals surface area contributed by atoms with Gasteiger partial charge in [-0.1, -0.05) is 123 Å². The summed E-state index contributed by atoms with van der Waals surface area (Å²) in [6, 6.07) is 40.1. The number of ether oxygens (including phenoxy) is 2. The monoisotopic (exact) mass is 658 g/mol. The molecule has 0 atom stereocenters. The first-order chi connectivity index (χ1) is 23.0. The number of aryl methyl sites for hydroxylation is 4. The summed E-state index contributed by atoms with van der Waals surface area (Å²) in [5, 5.41) is 5.46. The Bertz CT molecular complexity index is 2130. The summed E-state index contributed by atoms with van der Waals surface area (Å²) in [5.41, 5.74) is 12.4. The molecule has 0 saturated heterocycles. The van der Waals surface area contributed by atoms with Crippen molar-refractivity contribution in [2.75, 3.05) is 0 Å². The Labute approximate surface area is 287 Å². The maximum atomic E-state index is 6.70. The Hall–Kier alpha value is -4.65. The van der Waals surface area contributed by atoms with Crippen LogP contribution in [0, 0.1) is 27.7 Å². The lowest BCUT2D eigenvalue weighted by molar-refractivity contribution is 0.488. The van der Waals surface area contributed by atoms with E-state index in [9.17, 15) is 0 Å². The molecule has 238 valence electrons. The smallest absolute Gasteiger partial charge is 0.134 e. The Morgan fingerprint density at radius 2 is 0.667 bits per heavy atom. The second kappa shape index (κ2) is 10.9. The van der Waals surface area contributed by atoms with Gasteiger partial charge in [0.15, 0.2) is 0 Å². The number of hydrogen-bond donors (Lipinski definition) is 0. The maximum absolute atomic E-state index is 6.70. The number of benzene rings is 6. The van der Waals surface area contributed by atoms with Crippen molar-refractivity contribution < 1.29 is 9.47 Å². The number of hydrogen-bond acceptors (Lipinski definition) is 2. The summed E-state index contributed by atoms with van der Waals surface area (Å²) in [6.45, 7) is 18.7. The molecule has 0 aliphatic carbocycles. The Morgan fingerprint density at radius 3 is 1.04 bits per heavy atom. The average Bonchev–Trinajstić information content (AvgIpc) is 3.06. The molecule has 4 heteroatoms. The third-order valence-corrected chi connectivity index (χ3v) is 17.9. The number of rotatable bonds is 3. The fourth-order valence-electron chi connectivity index (χ4n) is 8.15. The first-order valence-electron chi connectivity index (χ1n) is 17.0. The Morgan fingerprint density at radius 1 is 0.354 bits per heavy atom. The van der Waals surface area contributed by atoms with E-state index in [0.717, 1.165) is 23.0 Å². The van der Waals surface area contributed by atoms with Crippen LogP contribution < -0.4 is 30.2 Å². The lowest BCUT2D eigenvalue weighted by atomic mass is 9.87. The van der Waals surface area contributed by atoms with Crippen molar-refractivity contribution >= 4 is 36.9 Å². The van der Waals surface area contributed by atoms with Crippen molar-refractivity contribution in [3.8, 4) is 56.4 Å². The number of para-hydroxylation sites is 4. The zero-order chi connectivity index (χ0) is 33.5. The van der Waals surface area contributed by atoms with E-state index in [2.05, 4.69) is 163 Å². The highest BCUT2D eigenvalue weighted by Crippen LogP contribution is 2.43. The average molecular weight is 659 g/mol. The molecule has 0 fully saturated rings. The summed E-state index contributed by atoms with van der Waals surface area (Å²) in [5.74, 6) is 4.07. The molecule has 0 saturated carbocycles. The van der Waals surface area contributed by atoms with Crippen molar-refractivity contribution in [1.29, 1.82) is 0 Å². The summed E-state index contributed by atoms with van der Waals surface area (Å²) in [4.78, 5) is 0. The molecule has 6 aromatic rings. The minimum Gasteiger partial charge on any atom is -0.457 e. The van der Waals surface area contributed by atoms with Crippen LogP contribution in [-0.2, 0) is 0 Å². The molecule has 0 amide bonds. The third kappa shape index (κ3) is 4.57. The predicted molar refractivity (Wildman–Crippen MR) is 208 cm³/mol. The van der Waals surface area contributed by atoms with Crippen LogP contribution >= 0.6 is 0 Å². The van der Waals surface area contributed by atoms with Gasteiger partial charge in [-0.05, 0) is 105 Å². The zero-order valence-electron chi connectivity index (χ0n) is 29.2. The first kappa shape index (κ1) is 30.7. The SMILES string of the molecule is Cc1cc(-c2cccc3c2Oc2ccccc2[Si]3(C)C)c(C)cc1-c1cc(C)c(-c2cccc3c2Oc2ccccc2[Si]3(C)C)cc1C. The van der Waals surface area contributed by atoms with Crippen molar-refractivity contribution in [3.05, 3.63) is 131 Å². The summed E-state index contributed by atoms with van der Waals surface area (Å²) >= 11 is 0. The van der Waals surface area contributed by atoms with Crippen LogP contribution in [0.1, 0.15) is 22.3 Å². The van der Waals surface area contributed by atoms with E-state index in [-0.39, 0.29) is 0 Å². The second-order valence-electron chi connectivity index (χ2n) is 14.8. The van der Waals surface area contributed by atoms with E-state index in [4.69, 9.17) is 9.47 Å². The van der Waals surface area contributed by atoms with E-state index in [1.807, 2.05) is 0 Å². The van der Waals surface area contributed by atoms with Gasteiger partial charge in [0.1, 0.15) is 39.1 Å². The molecule has 0 bridgehead atoms. The molecule has 48 heavy (non-hydrogen) atoms. The van der Waals surface area contributed by atoms with Crippen LogP contribution in [0.15, 0.2) is 109 Å². The maximum Gasteiger partial charge on any atom is 0.134 e. The molecule has 6 aromatic carbocycles. The molecule has 2 nitrogen and oxygen atoms in total. The molecular formula is C44H42O2Si2. The van der Waals surface area contributed by atoms with Crippen molar-refractivity contribution in [2.24, 2.45) is 0 Å². The number of fused-ring (bicyclic) bond motifs is 4. The van der Waals surface area contributed by atoms with Gasteiger partial charge in [0.25, 0.3) is 0 Å². The summed E-state index contributed by atoms with van der Waals surface area (Å²) < 4.78 is 13.4. The highest BCUT2D eigenvalue weighted by molar-refractivity contribution is 7.02. The zero-order valence-corrected chi connectivity index (χ0v) is 31.2. The largest absolute Gasteiger partial charge is 0.457 e. The molecule has 0 spiro atoms. The molecule has 0 radical (unpaired) electrons. The minimum atomic E-state index is -1.90. The van der Waals surface area contributed by atoms with E-state index in [1.54, 1.807) is 0 Å². The highest BCUT2D eigenvalue weighted by atomic mass is 28.3. The predicted octanol–water partition coefficient (Wildman–Crippen LogP) is 9.78. The minimum absolute atomic E-state index is 1.01. The fourth-order valence-corrected chi connectivity index (χ4v) is 13.8. The topological polar surface area (TPSA) is 18.5 Å². The van der Waals surface area contributed by atoms with Crippen LogP contribution in [0.2, 0.25) is 26.2 Å². The van der Waals surface area contributed by atoms with Gasteiger partial charge in [-0.15, -0.1) is 0 Å². The lowest BCUT2D eigenvalue weighted by Gasteiger charge is -2.34. The van der Waals surface area contributed by atoms with Gasteiger partial charge in [0.2, 0.25) is 0 Å². The van der Waals surface area contributed by atoms with Gasteiger partial charge in [0, 0.05) is 11.1 Å². The summed E-state index contributed by atoms with van der Waals surface area (Å²) in [7, 11) is -3.81. The summed E-state index contributed by atoms with van der Waals surface area (Å²) in [6.07, 6.45) is 0. The molecule has 2 heterocycles. The van der Waals surface area contributed by atoms with Gasteiger partial charge in [-0.25, -0.2) is 0 Å². The van der Waals surface area contributed by atoms with Crippen molar-refractivity contribution in [1.82, 2.24) is 0 Å². The normalized spacial score (nSPS) is 14.9. The van der Waals surface area contributed by atoms with Crippen LogP contribution in [0.25, 0.3) is 33.4 Å². The molecule has 2 aliphatic rings. The van der Waals surface area contributed by atoms with E-state index in [0.29, 0.717) is 0 Å². The van der Waals surface area contributed by atoms with E-state index in [1.165, 1.54) is 76.4 Å². The molecule has 8 rings (SSSR count). The molecule has 0 N–H and O–H groups in total. The fraction of sp³-hybridized carbons (Fsp3) is 0.182. The van der Waals surface area contributed by atoms with Gasteiger partial charge >= 0.3 is 0 Å². The molecular weight excluding hydrogens is 617 g/mol. The van der Waals surface area contributed by atoms with Crippen molar-refractivity contribution in [2.45, 2.75) is 53.9 Å². The molecule has 0 aromatic heterocycles. The van der Waals surface area contributed by atoms with Crippen LogP contribution in [0.3, 0.4) is 0 Å².